The summed E-state index contributed by atoms with van der Waals surface area (Å²) in [7, 11) is 0. The number of benzene rings is 2. The van der Waals surface area contributed by atoms with Crippen molar-refractivity contribution in [1.29, 1.82) is 0 Å². The molecule has 0 aliphatic heterocycles. The zero-order valence-electron chi connectivity index (χ0n) is 12.1. The quantitative estimate of drug-likeness (QED) is 0.652. The molecule has 0 saturated heterocycles. The van der Waals surface area contributed by atoms with E-state index in [0.717, 1.165) is 12.1 Å². The maximum absolute atomic E-state index is 13.3. The summed E-state index contributed by atoms with van der Waals surface area (Å²) < 4.78 is 26.7. The first-order valence-corrected chi connectivity index (χ1v) is 6.77. The standard InChI is InChI=1S/C17H16F2N2O2/c18-13-5-1-3-10(16(13)22)7-12(9-20)15(21)8-11-4-2-6-14(19)17(11)23/h1-8,22-23H,9,20-21H2. The predicted molar refractivity (Wildman–Crippen MR) is 85.3 cm³/mol. The molecule has 2 aromatic carbocycles. The fourth-order valence-corrected chi connectivity index (χ4v) is 2.01. The smallest absolute Gasteiger partial charge is 0.165 e. The van der Waals surface area contributed by atoms with Crippen LogP contribution in [0.15, 0.2) is 47.7 Å². The Kier molecular flexibility index (Phi) is 4.98. The molecule has 6 N–H and O–H groups in total. The van der Waals surface area contributed by atoms with E-state index >= 15 is 0 Å². The number of hydrogen-bond acceptors (Lipinski definition) is 4. The molecular formula is C17H16F2N2O2. The largest absolute Gasteiger partial charge is 0.504 e. The Morgan fingerprint density at radius 3 is 1.87 bits per heavy atom. The Morgan fingerprint density at radius 1 is 0.913 bits per heavy atom. The van der Waals surface area contributed by atoms with Gasteiger partial charge < -0.3 is 21.7 Å². The topological polar surface area (TPSA) is 92.5 Å². The molecule has 23 heavy (non-hydrogen) atoms. The fourth-order valence-electron chi connectivity index (χ4n) is 2.01. The molecule has 120 valence electrons. The Hall–Kier alpha value is -2.86. The van der Waals surface area contributed by atoms with E-state index in [1.807, 2.05) is 0 Å². The first kappa shape index (κ1) is 16.5. The molecule has 0 atom stereocenters. The third-order valence-electron chi connectivity index (χ3n) is 3.27. The van der Waals surface area contributed by atoms with Crippen LogP contribution in [0.4, 0.5) is 8.78 Å². The Bertz CT molecular complexity index is 786. The summed E-state index contributed by atoms with van der Waals surface area (Å²) in [5.74, 6) is -2.58. The predicted octanol–water partition coefficient (Wildman–Crippen LogP) is 2.72. The summed E-state index contributed by atoms with van der Waals surface area (Å²) in [6.45, 7) is 0.00830. The van der Waals surface area contributed by atoms with E-state index in [4.69, 9.17) is 11.5 Å². The van der Waals surface area contributed by atoms with Gasteiger partial charge in [-0.25, -0.2) is 8.78 Å². The number of phenolic OH excluding ortho intramolecular Hbond substituents is 2. The molecule has 0 radical (unpaired) electrons. The molecule has 2 rings (SSSR count). The first-order chi connectivity index (χ1) is 10.9. The van der Waals surface area contributed by atoms with Crippen molar-refractivity contribution in [3.63, 3.8) is 0 Å². The molecule has 4 nitrogen and oxygen atoms in total. The average Bonchev–Trinajstić information content (AvgIpc) is 2.53. The number of phenols is 2. The van der Waals surface area contributed by atoms with Crippen molar-refractivity contribution < 1.29 is 19.0 Å². The molecule has 0 bridgehead atoms. The summed E-state index contributed by atoms with van der Waals surface area (Å²) in [5.41, 5.74) is 12.5. The third-order valence-corrected chi connectivity index (χ3v) is 3.27. The first-order valence-electron chi connectivity index (χ1n) is 6.77. The van der Waals surface area contributed by atoms with Crippen LogP contribution in [0.2, 0.25) is 0 Å². The van der Waals surface area contributed by atoms with Gasteiger partial charge in [0.15, 0.2) is 23.1 Å². The highest BCUT2D eigenvalue weighted by molar-refractivity contribution is 5.69. The molecule has 0 aliphatic rings. The second-order valence-electron chi connectivity index (χ2n) is 4.83. The van der Waals surface area contributed by atoms with Crippen LogP contribution >= 0.6 is 0 Å². The van der Waals surface area contributed by atoms with E-state index < -0.39 is 23.1 Å². The molecule has 0 amide bonds. The van der Waals surface area contributed by atoms with Crippen LogP contribution in [-0.2, 0) is 0 Å². The van der Waals surface area contributed by atoms with Gasteiger partial charge in [0.05, 0.1) is 0 Å². The van der Waals surface area contributed by atoms with Gasteiger partial charge in [0.1, 0.15) is 0 Å². The number of rotatable bonds is 4. The molecule has 0 aromatic heterocycles. The molecule has 0 fully saturated rings. The Labute approximate surface area is 132 Å². The zero-order chi connectivity index (χ0) is 17.0. The molecular weight excluding hydrogens is 302 g/mol. The van der Waals surface area contributed by atoms with Crippen LogP contribution in [0.3, 0.4) is 0 Å². The Morgan fingerprint density at radius 2 is 1.39 bits per heavy atom. The maximum atomic E-state index is 13.3. The molecule has 0 aliphatic carbocycles. The third kappa shape index (κ3) is 3.67. The second kappa shape index (κ2) is 6.93. The van der Waals surface area contributed by atoms with E-state index in [1.54, 1.807) is 0 Å². The normalized spacial score (nSPS) is 12.5. The SMILES string of the molecule is NCC(=Cc1cccc(F)c1O)C(N)=Cc1cccc(F)c1O. The van der Waals surface area contributed by atoms with Crippen molar-refractivity contribution in [3.8, 4) is 11.5 Å². The lowest BCUT2D eigenvalue weighted by molar-refractivity contribution is 0.431. The van der Waals surface area contributed by atoms with Crippen LogP contribution in [0.5, 0.6) is 11.5 Å². The van der Waals surface area contributed by atoms with Crippen molar-refractivity contribution in [2.45, 2.75) is 0 Å². The maximum Gasteiger partial charge on any atom is 0.165 e. The number of para-hydroxylation sites is 2. The van der Waals surface area contributed by atoms with Gasteiger partial charge in [-0.3, -0.25) is 0 Å². The zero-order valence-corrected chi connectivity index (χ0v) is 12.1. The van der Waals surface area contributed by atoms with E-state index in [1.165, 1.54) is 36.4 Å². The summed E-state index contributed by atoms with van der Waals surface area (Å²) in [6, 6.07) is 8.10. The molecule has 0 spiro atoms. The van der Waals surface area contributed by atoms with Crippen LogP contribution in [0.25, 0.3) is 12.2 Å². The van der Waals surface area contributed by atoms with Crippen LogP contribution in [-0.4, -0.2) is 16.8 Å². The van der Waals surface area contributed by atoms with Crippen molar-refractivity contribution >= 4 is 12.2 Å². The lowest BCUT2D eigenvalue weighted by Gasteiger charge is -2.08. The van der Waals surface area contributed by atoms with E-state index in [9.17, 15) is 19.0 Å². The molecule has 0 saturated carbocycles. The average molecular weight is 318 g/mol. The fraction of sp³-hybridized carbons (Fsp3) is 0.0588. The second-order valence-corrected chi connectivity index (χ2v) is 4.83. The van der Waals surface area contributed by atoms with Gasteiger partial charge in [0.25, 0.3) is 0 Å². The van der Waals surface area contributed by atoms with Gasteiger partial charge in [0.2, 0.25) is 0 Å². The van der Waals surface area contributed by atoms with E-state index in [2.05, 4.69) is 0 Å². The van der Waals surface area contributed by atoms with Crippen molar-refractivity contribution in [3.05, 3.63) is 70.4 Å². The van der Waals surface area contributed by atoms with Crippen molar-refractivity contribution in [2.75, 3.05) is 6.54 Å². The highest BCUT2D eigenvalue weighted by Crippen LogP contribution is 2.26. The van der Waals surface area contributed by atoms with Crippen molar-refractivity contribution in [2.24, 2.45) is 11.5 Å². The van der Waals surface area contributed by atoms with Gasteiger partial charge in [-0.05, 0) is 29.9 Å². The number of aromatic hydroxyl groups is 2. The minimum absolute atomic E-state index is 0.00830. The van der Waals surface area contributed by atoms with Crippen LogP contribution in [0, 0.1) is 11.6 Å². The van der Waals surface area contributed by atoms with Gasteiger partial charge in [0, 0.05) is 23.4 Å². The monoisotopic (exact) mass is 318 g/mol. The number of nitrogens with two attached hydrogens (primary N) is 2. The van der Waals surface area contributed by atoms with Gasteiger partial charge in [-0.2, -0.15) is 0 Å². The summed E-state index contributed by atoms with van der Waals surface area (Å²) in [4.78, 5) is 0. The highest BCUT2D eigenvalue weighted by Gasteiger charge is 2.09. The van der Waals surface area contributed by atoms with E-state index in [0.29, 0.717) is 5.57 Å². The van der Waals surface area contributed by atoms with E-state index in [-0.39, 0.29) is 23.4 Å². The highest BCUT2D eigenvalue weighted by atomic mass is 19.1. The summed E-state index contributed by atoms with van der Waals surface area (Å²) >= 11 is 0. The molecule has 6 heteroatoms. The molecule has 0 heterocycles. The lowest BCUT2D eigenvalue weighted by Crippen LogP contribution is -2.11. The van der Waals surface area contributed by atoms with Crippen LogP contribution in [0.1, 0.15) is 11.1 Å². The summed E-state index contributed by atoms with van der Waals surface area (Å²) in [5, 5.41) is 19.3. The molecule has 2 aromatic rings. The van der Waals surface area contributed by atoms with Crippen molar-refractivity contribution in [1.82, 2.24) is 0 Å². The lowest BCUT2D eigenvalue weighted by atomic mass is 10.0. The minimum Gasteiger partial charge on any atom is -0.504 e. The summed E-state index contributed by atoms with van der Waals surface area (Å²) in [6.07, 6.45) is 2.79. The van der Waals surface area contributed by atoms with Gasteiger partial charge in [-0.15, -0.1) is 0 Å². The van der Waals surface area contributed by atoms with Gasteiger partial charge in [-0.1, -0.05) is 24.3 Å². The minimum atomic E-state index is -0.771. The number of hydrogen-bond donors (Lipinski definition) is 4. The number of halogens is 2. The van der Waals surface area contributed by atoms with Crippen LogP contribution < -0.4 is 11.5 Å². The van der Waals surface area contributed by atoms with Gasteiger partial charge >= 0.3 is 0 Å². The molecule has 0 unspecified atom stereocenters. The Balaban J connectivity index is 2.44.